The Bertz CT molecular complexity index is 975. The smallest absolute Gasteiger partial charge is 0.315 e. The maximum atomic E-state index is 13.0. The number of carbonyl (C=O) groups excluding carboxylic acids is 1. The summed E-state index contributed by atoms with van der Waals surface area (Å²) in [6.07, 6.45) is 0. The van der Waals surface area contributed by atoms with Gasteiger partial charge in [-0.2, -0.15) is 4.98 Å². The minimum Gasteiger partial charge on any atom is -0.493 e. The molecule has 8 nitrogen and oxygen atoms in total. The van der Waals surface area contributed by atoms with Crippen molar-refractivity contribution in [2.24, 2.45) is 0 Å². The van der Waals surface area contributed by atoms with E-state index >= 15 is 0 Å². The summed E-state index contributed by atoms with van der Waals surface area (Å²) >= 11 is 0. The van der Waals surface area contributed by atoms with Crippen LogP contribution in [0.25, 0.3) is 11.4 Å². The lowest BCUT2D eigenvalue weighted by atomic mass is 10.2. The van der Waals surface area contributed by atoms with E-state index in [0.29, 0.717) is 29.4 Å². The predicted octanol–water partition coefficient (Wildman–Crippen LogP) is 3.45. The van der Waals surface area contributed by atoms with E-state index in [1.54, 1.807) is 45.4 Å². The van der Waals surface area contributed by atoms with Crippen molar-refractivity contribution in [2.75, 3.05) is 14.2 Å². The molecule has 0 saturated carbocycles. The van der Waals surface area contributed by atoms with Crippen LogP contribution in [-0.4, -0.2) is 30.4 Å². The average Bonchev–Trinajstić information content (AvgIpc) is 3.23. The van der Waals surface area contributed by atoms with E-state index in [2.05, 4.69) is 20.8 Å². The van der Waals surface area contributed by atoms with Crippen molar-refractivity contribution in [3.8, 4) is 22.9 Å². The van der Waals surface area contributed by atoms with Crippen molar-refractivity contribution < 1.29 is 23.2 Å². The highest BCUT2D eigenvalue weighted by Gasteiger charge is 2.17. The number of carbonyl (C=O) groups is 1. The van der Waals surface area contributed by atoms with E-state index in [1.807, 2.05) is 6.07 Å². The van der Waals surface area contributed by atoms with Gasteiger partial charge in [-0.25, -0.2) is 9.18 Å². The summed E-state index contributed by atoms with van der Waals surface area (Å²) in [4.78, 5) is 16.4. The van der Waals surface area contributed by atoms with Gasteiger partial charge >= 0.3 is 6.03 Å². The van der Waals surface area contributed by atoms with Gasteiger partial charge in [-0.3, -0.25) is 0 Å². The number of halogens is 1. The second-order valence-corrected chi connectivity index (χ2v) is 6.20. The fraction of sp³-hybridized carbons (Fsp3) is 0.250. The van der Waals surface area contributed by atoms with E-state index < -0.39 is 12.1 Å². The van der Waals surface area contributed by atoms with E-state index in [4.69, 9.17) is 14.0 Å². The molecule has 29 heavy (non-hydrogen) atoms. The Labute approximate surface area is 167 Å². The van der Waals surface area contributed by atoms with Gasteiger partial charge in [-0.1, -0.05) is 11.2 Å². The first-order valence-electron chi connectivity index (χ1n) is 8.85. The number of hydrogen-bond donors (Lipinski definition) is 2. The minimum absolute atomic E-state index is 0.241. The Morgan fingerprint density at radius 2 is 1.86 bits per heavy atom. The fourth-order valence-corrected chi connectivity index (χ4v) is 2.61. The van der Waals surface area contributed by atoms with Crippen molar-refractivity contribution in [1.82, 2.24) is 20.8 Å². The lowest BCUT2D eigenvalue weighted by molar-refractivity contribution is 0.233. The number of nitrogens with zero attached hydrogens (tertiary/aromatic N) is 2. The number of aromatic nitrogens is 2. The highest BCUT2D eigenvalue weighted by atomic mass is 19.1. The van der Waals surface area contributed by atoms with Gasteiger partial charge in [0.2, 0.25) is 11.7 Å². The molecule has 0 radical (unpaired) electrons. The molecular formula is C20H21FN4O4. The molecular weight excluding hydrogens is 379 g/mol. The molecule has 2 N–H and O–H groups in total. The summed E-state index contributed by atoms with van der Waals surface area (Å²) in [5.41, 5.74) is 1.47. The zero-order chi connectivity index (χ0) is 20.8. The van der Waals surface area contributed by atoms with E-state index in [-0.39, 0.29) is 11.7 Å². The van der Waals surface area contributed by atoms with Crippen LogP contribution < -0.4 is 20.1 Å². The number of benzene rings is 2. The summed E-state index contributed by atoms with van der Waals surface area (Å²) in [5, 5.41) is 9.35. The normalized spacial score (nSPS) is 11.6. The monoisotopic (exact) mass is 400 g/mol. The third-order valence-electron chi connectivity index (χ3n) is 4.16. The number of amides is 2. The second-order valence-electron chi connectivity index (χ2n) is 6.20. The van der Waals surface area contributed by atoms with Crippen LogP contribution in [0.5, 0.6) is 11.5 Å². The Balaban J connectivity index is 1.56. The molecule has 0 saturated heterocycles. The second kappa shape index (κ2) is 9.05. The zero-order valence-corrected chi connectivity index (χ0v) is 16.2. The predicted molar refractivity (Wildman–Crippen MR) is 103 cm³/mol. The molecule has 3 aromatic rings. The van der Waals surface area contributed by atoms with Crippen molar-refractivity contribution in [2.45, 2.75) is 19.5 Å². The standard InChI is InChI=1S/C20H21FN4O4/c1-12(19-24-18(25-29-19)14-5-7-15(21)8-6-14)23-20(26)22-11-13-4-9-16(27-2)17(10-13)28-3/h4-10,12H,11H2,1-3H3,(H2,22,23,26). The summed E-state index contributed by atoms with van der Waals surface area (Å²) in [6, 6.07) is 10.2. The van der Waals surface area contributed by atoms with Crippen LogP contribution in [0.4, 0.5) is 9.18 Å². The zero-order valence-electron chi connectivity index (χ0n) is 16.2. The van der Waals surface area contributed by atoms with Gasteiger partial charge in [0.05, 0.1) is 14.2 Å². The molecule has 0 aliphatic heterocycles. The summed E-state index contributed by atoms with van der Waals surface area (Å²) in [7, 11) is 3.11. The van der Waals surface area contributed by atoms with Gasteiger partial charge in [0, 0.05) is 12.1 Å². The Morgan fingerprint density at radius 3 is 2.55 bits per heavy atom. The fourth-order valence-electron chi connectivity index (χ4n) is 2.61. The van der Waals surface area contributed by atoms with Crippen LogP contribution in [0.3, 0.4) is 0 Å². The molecule has 9 heteroatoms. The van der Waals surface area contributed by atoms with Gasteiger partial charge in [0.25, 0.3) is 0 Å². The highest BCUT2D eigenvalue weighted by molar-refractivity contribution is 5.74. The lowest BCUT2D eigenvalue weighted by Gasteiger charge is -2.12. The quantitative estimate of drug-likeness (QED) is 0.630. The highest BCUT2D eigenvalue weighted by Crippen LogP contribution is 2.27. The first-order chi connectivity index (χ1) is 14.0. The average molecular weight is 400 g/mol. The van der Waals surface area contributed by atoms with Gasteiger partial charge in [0.15, 0.2) is 11.5 Å². The molecule has 1 aromatic heterocycles. The van der Waals surface area contributed by atoms with Crippen molar-refractivity contribution in [3.63, 3.8) is 0 Å². The van der Waals surface area contributed by atoms with Gasteiger partial charge in [0.1, 0.15) is 11.9 Å². The number of hydrogen-bond acceptors (Lipinski definition) is 6. The molecule has 0 spiro atoms. The van der Waals surface area contributed by atoms with Gasteiger partial charge in [-0.05, 0) is 48.9 Å². The summed E-state index contributed by atoms with van der Waals surface area (Å²) in [6.45, 7) is 2.02. The SMILES string of the molecule is COc1ccc(CNC(=O)NC(C)c2nc(-c3ccc(F)cc3)no2)cc1OC. The van der Waals surface area contributed by atoms with E-state index in [1.165, 1.54) is 12.1 Å². The molecule has 1 heterocycles. The van der Waals surface area contributed by atoms with Crippen molar-refractivity contribution >= 4 is 6.03 Å². The van der Waals surface area contributed by atoms with Crippen LogP contribution in [0.15, 0.2) is 47.0 Å². The van der Waals surface area contributed by atoms with Crippen molar-refractivity contribution in [1.29, 1.82) is 0 Å². The first-order valence-corrected chi connectivity index (χ1v) is 8.85. The molecule has 0 bridgehead atoms. The van der Waals surface area contributed by atoms with Crippen molar-refractivity contribution in [3.05, 3.63) is 59.7 Å². The topological polar surface area (TPSA) is 98.5 Å². The van der Waals surface area contributed by atoms with Crippen LogP contribution in [0, 0.1) is 5.82 Å². The Hall–Kier alpha value is -3.62. The van der Waals surface area contributed by atoms with Gasteiger partial charge in [-0.15, -0.1) is 0 Å². The third kappa shape index (κ3) is 5.01. The molecule has 2 aromatic carbocycles. The molecule has 0 aliphatic carbocycles. The maximum absolute atomic E-state index is 13.0. The van der Waals surface area contributed by atoms with Crippen LogP contribution in [-0.2, 0) is 6.54 Å². The van der Waals surface area contributed by atoms with E-state index in [0.717, 1.165) is 5.56 Å². The summed E-state index contributed by atoms with van der Waals surface area (Å²) in [5.74, 6) is 1.41. The van der Waals surface area contributed by atoms with Crippen LogP contribution in [0.1, 0.15) is 24.4 Å². The third-order valence-corrected chi connectivity index (χ3v) is 4.16. The molecule has 152 valence electrons. The number of rotatable bonds is 7. The molecule has 3 rings (SSSR count). The molecule has 1 unspecified atom stereocenters. The first kappa shape index (κ1) is 20.1. The molecule has 0 aliphatic rings. The minimum atomic E-state index is -0.512. The number of urea groups is 1. The number of nitrogens with one attached hydrogen (secondary N) is 2. The van der Waals surface area contributed by atoms with Crippen LogP contribution >= 0.6 is 0 Å². The number of methoxy groups -OCH3 is 2. The molecule has 1 atom stereocenters. The lowest BCUT2D eigenvalue weighted by Crippen LogP contribution is -2.36. The maximum Gasteiger partial charge on any atom is 0.315 e. The Morgan fingerprint density at radius 1 is 1.14 bits per heavy atom. The molecule has 2 amide bonds. The number of ether oxygens (including phenoxy) is 2. The molecule has 0 fully saturated rings. The Kier molecular flexibility index (Phi) is 6.28. The summed E-state index contributed by atoms with van der Waals surface area (Å²) < 4.78 is 28.7. The van der Waals surface area contributed by atoms with Gasteiger partial charge < -0.3 is 24.6 Å². The van der Waals surface area contributed by atoms with Crippen LogP contribution in [0.2, 0.25) is 0 Å². The van der Waals surface area contributed by atoms with E-state index in [9.17, 15) is 9.18 Å². The largest absolute Gasteiger partial charge is 0.493 e.